The Hall–Kier alpha value is -2.66. The molecule has 0 saturated carbocycles. The van der Waals surface area contributed by atoms with Gasteiger partial charge in [0.25, 0.3) is 0 Å². The topological polar surface area (TPSA) is 133 Å². The number of aldehydes is 1. The molecule has 0 aromatic rings. The van der Waals surface area contributed by atoms with Gasteiger partial charge in [-0.15, -0.1) is 0 Å². The van der Waals surface area contributed by atoms with Crippen LogP contribution in [0.2, 0.25) is 0 Å². The van der Waals surface area contributed by atoms with Crippen LogP contribution in [0.15, 0.2) is 0 Å². The summed E-state index contributed by atoms with van der Waals surface area (Å²) in [4.78, 5) is 53.4. The first-order chi connectivity index (χ1) is 19.1. The monoisotopic (exact) mass is 630 g/mol. The zero-order chi connectivity index (χ0) is 33.5. The average Bonchev–Trinajstić information content (AvgIpc) is 2.85. The van der Waals surface area contributed by atoms with Gasteiger partial charge in [-0.2, -0.15) is 13.2 Å². The van der Waals surface area contributed by atoms with Crippen molar-refractivity contribution in [3.05, 3.63) is 0 Å². The molecule has 0 amide bonds. The Bertz CT molecular complexity index is 773. The van der Waals surface area contributed by atoms with Crippen LogP contribution >= 0.6 is 0 Å². The highest BCUT2D eigenvalue weighted by atomic mass is 19.4. The SMILES string of the molecule is C.CC(C)[C@H](C)C(=O)OCCCCCC(=O)O.CC(C)[C@H](C)C(=O)OCCCCCC(=O)OC(C)(C)C.O=CC(F)(F)F. The molecule has 0 spiro atoms. The molecule has 0 aliphatic heterocycles. The van der Waals surface area contributed by atoms with Crippen LogP contribution in [-0.4, -0.2) is 60.3 Å². The van der Waals surface area contributed by atoms with Crippen LogP contribution in [0.4, 0.5) is 13.2 Å². The van der Waals surface area contributed by atoms with Gasteiger partial charge in [0.05, 0.1) is 25.0 Å². The average molecular weight is 631 g/mol. The van der Waals surface area contributed by atoms with Gasteiger partial charge >= 0.3 is 30.1 Å². The first-order valence-electron chi connectivity index (χ1n) is 14.4. The molecule has 0 aliphatic rings. The normalized spacial score (nSPS) is 12.3. The van der Waals surface area contributed by atoms with Crippen LogP contribution in [0.3, 0.4) is 0 Å². The maximum absolute atomic E-state index is 11.6. The quantitative estimate of drug-likeness (QED) is 0.0793. The lowest BCUT2D eigenvalue weighted by molar-refractivity contribution is -0.156. The number of alkyl halides is 3. The maximum atomic E-state index is 11.6. The number of hydrogen-bond acceptors (Lipinski definition) is 8. The van der Waals surface area contributed by atoms with Crippen molar-refractivity contribution in [1.82, 2.24) is 0 Å². The van der Waals surface area contributed by atoms with Crippen molar-refractivity contribution in [1.29, 1.82) is 0 Å². The van der Waals surface area contributed by atoms with Crippen LogP contribution in [0.25, 0.3) is 0 Å². The highest BCUT2D eigenvalue weighted by Crippen LogP contribution is 2.14. The fourth-order valence-corrected chi connectivity index (χ4v) is 2.65. The molecule has 0 fully saturated rings. The van der Waals surface area contributed by atoms with Crippen LogP contribution in [-0.2, 0) is 38.2 Å². The first kappa shape index (κ1) is 47.3. The van der Waals surface area contributed by atoms with Gasteiger partial charge in [0, 0.05) is 12.8 Å². The molecule has 0 unspecified atom stereocenters. The zero-order valence-electron chi connectivity index (χ0n) is 26.8. The van der Waals surface area contributed by atoms with Gasteiger partial charge in [0.1, 0.15) is 5.60 Å². The number of carbonyl (C=O) groups is 5. The summed E-state index contributed by atoms with van der Waals surface area (Å²) >= 11 is 0. The summed E-state index contributed by atoms with van der Waals surface area (Å²) < 4.78 is 46.7. The second kappa shape index (κ2) is 25.8. The molecular formula is C31H57F3O9. The molecule has 43 heavy (non-hydrogen) atoms. The molecule has 0 bridgehead atoms. The van der Waals surface area contributed by atoms with Gasteiger partial charge in [0.2, 0.25) is 6.29 Å². The number of carbonyl (C=O) groups excluding carboxylic acids is 4. The van der Waals surface area contributed by atoms with Gasteiger partial charge in [-0.1, -0.05) is 49.0 Å². The predicted octanol–water partition coefficient (Wildman–Crippen LogP) is 7.57. The number of esters is 3. The second-order valence-corrected chi connectivity index (χ2v) is 11.7. The third-order valence-electron chi connectivity index (χ3n) is 5.85. The van der Waals surface area contributed by atoms with E-state index in [-0.39, 0.29) is 43.6 Å². The summed E-state index contributed by atoms with van der Waals surface area (Å²) in [5.74, 6) is -0.765. The smallest absolute Gasteiger partial charge is 0.446 e. The van der Waals surface area contributed by atoms with Gasteiger partial charge in [-0.25, -0.2) is 0 Å². The lowest BCUT2D eigenvalue weighted by atomic mass is 9.99. The Labute approximate surface area is 256 Å². The Kier molecular flexibility index (Phi) is 28.4. The van der Waals surface area contributed by atoms with E-state index >= 15 is 0 Å². The molecule has 0 aromatic carbocycles. The van der Waals surface area contributed by atoms with E-state index in [2.05, 4.69) is 0 Å². The molecule has 0 saturated heterocycles. The van der Waals surface area contributed by atoms with Gasteiger partial charge in [0.15, 0.2) is 0 Å². The van der Waals surface area contributed by atoms with Crippen molar-refractivity contribution >= 4 is 30.2 Å². The molecule has 1 N–H and O–H groups in total. The summed E-state index contributed by atoms with van der Waals surface area (Å²) in [5.41, 5.74) is -0.417. The van der Waals surface area contributed by atoms with E-state index in [1.54, 1.807) is 0 Å². The Morgan fingerprint density at radius 1 is 0.698 bits per heavy atom. The Morgan fingerprint density at radius 3 is 1.33 bits per heavy atom. The molecule has 0 aliphatic carbocycles. The van der Waals surface area contributed by atoms with Crippen molar-refractivity contribution in [2.45, 2.75) is 133 Å². The van der Waals surface area contributed by atoms with E-state index in [9.17, 15) is 32.3 Å². The largest absolute Gasteiger partial charge is 0.481 e. The van der Waals surface area contributed by atoms with E-state index in [1.807, 2.05) is 62.3 Å². The molecule has 9 nitrogen and oxygen atoms in total. The van der Waals surface area contributed by atoms with E-state index in [0.29, 0.717) is 37.9 Å². The number of unbranched alkanes of at least 4 members (excludes halogenated alkanes) is 4. The minimum atomic E-state index is -4.64. The number of halogens is 3. The van der Waals surface area contributed by atoms with Gasteiger partial charge < -0.3 is 19.3 Å². The molecule has 0 rings (SSSR count). The Morgan fingerprint density at radius 2 is 1.05 bits per heavy atom. The van der Waals surface area contributed by atoms with Crippen LogP contribution in [0.5, 0.6) is 0 Å². The zero-order valence-corrected chi connectivity index (χ0v) is 26.8. The Balaban J connectivity index is -0.000000296. The molecule has 0 radical (unpaired) electrons. The molecule has 0 aromatic heterocycles. The lowest BCUT2D eigenvalue weighted by Crippen LogP contribution is -2.23. The van der Waals surface area contributed by atoms with Crippen LogP contribution in [0, 0.1) is 23.7 Å². The number of aliphatic carboxylic acids is 1. The van der Waals surface area contributed by atoms with E-state index < -0.39 is 24.0 Å². The van der Waals surface area contributed by atoms with Crippen molar-refractivity contribution < 1.29 is 56.5 Å². The first-order valence-corrected chi connectivity index (χ1v) is 14.4. The van der Waals surface area contributed by atoms with E-state index in [1.165, 1.54) is 0 Å². The fraction of sp³-hybridized carbons (Fsp3) is 0.839. The minimum Gasteiger partial charge on any atom is -0.481 e. The van der Waals surface area contributed by atoms with Gasteiger partial charge in [-0.3, -0.25) is 24.0 Å². The number of ether oxygens (including phenoxy) is 3. The third-order valence-corrected chi connectivity index (χ3v) is 5.85. The van der Waals surface area contributed by atoms with Crippen molar-refractivity contribution in [2.24, 2.45) is 23.7 Å². The molecule has 2 atom stereocenters. The summed E-state index contributed by atoms with van der Waals surface area (Å²) in [6.45, 7) is 18.1. The summed E-state index contributed by atoms with van der Waals surface area (Å²) in [6.07, 6.45) is -0.489. The summed E-state index contributed by atoms with van der Waals surface area (Å²) in [5, 5.41) is 8.41. The third kappa shape index (κ3) is 35.4. The van der Waals surface area contributed by atoms with Crippen molar-refractivity contribution in [3.8, 4) is 0 Å². The lowest BCUT2D eigenvalue weighted by Gasteiger charge is -2.19. The number of rotatable bonds is 16. The van der Waals surface area contributed by atoms with Crippen molar-refractivity contribution in [2.75, 3.05) is 13.2 Å². The number of carboxylic acid groups (broad SMARTS) is 1. The summed E-state index contributed by atoms with van der Waals surface area (Å²) in [7, 11) is 0. The molecular weight excluding hydrogens is 573 g/mol. The minimum absolute atomic E-state index is 0. The molecule has 12 heteroatoms. The maximum Gasteiger partial charge on any atom is 0.446 e. The number of carboxylic acids is 1. The highest BCUT2D eigenvalue weighted by Gasteiger charge is 2.25. The molecule has 256 valence electrons. The van der Waals surface area contributed by atoms with Gasteiger partial charge in [-0.05, 0) is 71.1 Å². The highest BCUT2D eigenvalue weighted by molar-refractivity contribution is 5.72. The second-order valence-electron chi connectivity index (χ2n) is 11.7. The standard InChI is InChI=1S/C16H30O4.C12H22O4.C2HF3O.CH4/c1-12(2)13(3)15(18)19-11-9-7-8-10-14(17)20-16(4,5)6;1-9(2)10(3)12(15)16-8-6-4-5-7-11(13)14;3-2(4,5)1-6;/h12-13H,7-11H2,1-6H3;9-10H,4-8H2,1-3H3,(H,13,14);1H;1H4/t13-;10-;;/m00../s1. The predicted molar refractivity (Wildman–Crippen MR) is 159 cm³/mol. The van der Waals surface area contributed by atoms with Crippen molar-refractivity contribution in [3.63, 3.8) is 0 Å². The van der Waals surface area contributed by atoms with E-state index in [0.717, 1.165) is 32.1 Å². The van der Waals surface area contributed by atoms with Crippen LogP contribution in [0.1, 0.15) is 121 Å². The summed E-state index contributed by atoms with van der Waals surface area (Å²) in [6, 6.07) is 0. The number of hydrogen-bond donors (Lipinski definition) is 1. The fourth-order valence-electron chi connectivity index (χ4n) is 2.65. The van der Waals surface area contributed by atoms with E-state index in [4.69, 9.17) is 24.1 Å². The van der Waals surface area contributed by atoms with Crippen LogP contribution < -0.4 is 0 Å². The molecule has 0 heterocycles.